The van der Waals surface area contributed by atoms with Crippen molar-refractivity contribution in [3.05, 3.63) is 76.6 Å². The molecule has 7 nitrogen and oxygen atoms in total. The number of hydrogen-bond acceptors (Lipinski definition) is 6. The van der Waals surface area contributed by atoms with Crippen LogP contribution < -0.4 is 4.74 Å². The summed E-state index contributed by atoms with van der Waals surface area (Å²) in [5.41, 5.74) is 4.59. The molecule has 6 rings (SSSR count). The molecule has 2 fully saturated rings. The Morgan fingerprint density at radius 3 is 2.58 bits per heavy atom. The van der Waals surface area contributed by atoms with Gasteiger partial charge in [0, 0.05) is 60.0 Å². The molecule has 0 aliphatic carbocycles. The van der Waals surface area contributed by atoms with E-state index >= 15 is 0 Å². The summed E-state index contributed by atoms with van der Waals surface area (Å²) in [5, 5.41) is 3.04. The van der Waals surface area contributed by atoms with E-state index in [-0.39, 0.29) is 17.9 Å². The maximum atomic E-state index is 12.2. The van der Waals surface area contributed by atoms with Crippen LogP contribution in [0.3, 0.4) is 0 Å². The van der Waals surface area contributed by atoms with E-state index < -0.39 is 0 Å². The number of likely N-dealkylation sites (N-methyl/N-ethyl adjacent to an activating group) is 2. The molecule has 1 aromatic heterocycles. The highest BCUT2D eigenvalue weighted by atomic mass is 35.5. The van der Waals surface area contributed by atoms with Crippen LogP contribution in [-0.4, -0.2) is 77.0 Å². The summed E-state index contributed by atoms with van der Waals surface area (Å²) < 4.78 is 6.32. The number of carbonyl (C=O) groups excluding carboxylic acids is 1. The predicted molar refractivity (Wildman–Crippen MR) is 159 cm³/mol. The van der Waals surface area contributed by atoms with Gasteiger partial charge in [-0.05, 0) is 69.4 Å². The minimum Gasteiger partial charge on any atom is -0.462 e. The quantitative estimate of drug-likeness (QED) is 0.378. The summed E-state index contributed by atoms with van der Waals surface area (Å²) in [5.74, 6) is 0.267. The second-order valence-electron chi connectivity index (χ2n) is 11.5. The number of nitrogens with zero attached hydrogens (tertiary/aromatic N) is 5. The maximum absolute atomic E-state index is 12.2. The minimum atomic E-state index is 0.00388. The van der Waals surface area contributed by atoms with E-state index in [1.807, 2.05) is 17.0 Å². The fourth-order valence-electron chi connectivity index (χ4n) is 6.78. The first kappa shape index (κ1) is 27.2. The Bertz CT molecular complexity index is 1410. The van der Waals surface area contributed by atoms with Gasteiger partial charge in [-0.1, -0.05) is 48.5 Å². The van der Waals surface area contributed by atoms with E-state index in [4.69, 9.17) is 26.3 Å². The molecular weight excluding hydrogens is 522 g/mol. The van der Waals surface area contributed by atoms with E-state index in [2.05, 4.69) is 54.7 Å². The van der Waals surface area contributed by atoms with Gasteiger partial charge in [0.15, 0.2) is 0 Å². The molecule has 0 saturated carbocycles. The van der Waals surface area contributed by atoms with Gasteiger partial charge in [0.25, 0.3) is 0 Å². The number of piperidine rings is 1. The predicted octanol–water partition coefficient (Wildman–Crippen LogP) is 5.38. The fourth-order valence-corrected chi connectivity index (χ4v) is 7.07. The van der Waals surface area contributed by atoms with Crippen molar-refractivity contribution in [3.63, 3.8) is 0 Å². The van der Waals surface area contributed by atoms with Crippen molar-refractivity contribution in [1.82, 2.24) is 24.7 Å². The molecule has 2 aromatic carbocycles. The Balaban J connectivity index is 1.34. The monoisotopic (exact) mass is 559 g/mol. The smallest absolute Gasteiger partial charge is 0.316 e. The van der Waals surface area contributed by atoms with Crippen molar-refractivity contribution in [2.45, 2.75) is 56.7 Å². The normalized spacial score (nSPS) is 22.4. The van der Waals surface area contributed by atoms with Gasteiger partial charge in [0.2, 0.25) is 5.91 Å². The van der Waals surface area contributed by atoms with Crippen molar-refractivity contribution >= 4 is 28.3 Å². The van der Waals surface area contributed by atoms with Crippen LogP contribution in [0.2, 0.25) is 5.02 Å². The highest BCUT2D eigenvalue weighted by Gasteiger charge is 2.34. The summed E-state index contributed by atoms with van der Waals surface area (Å²) in [6, 6.07) is 13.6. The third-order valence-corrected chi connectivity index (χ3v) is 9.43. The minimum absolute atomic E-state index is 0.00388. The molecule has 1 amide bonds. The molecule has 0 spiro atoms. The number of rotatable bonds is 6. The summed E-state index contributed by atoms with van der Waals surface area (Å²) >= 11 is 6.74. The van der Waals surface area contributed by atoms with Gasteiger partial charge in [0.05, 0.1) is 11.4 Å². The molecule has 2 atom stereocenters. The molecule has 0 radical (unpaired) electrons. The van der Waals surface area contributed by atoms with Crippen LogP contribution in [-0.2, 0) is 17.8 Å². The number of hydrogen-bond donors (Lipinski definition) is 0. The summed E-state index contributed by atoms with van der Waals surface area (Å²) in [6.07, 6.45) is 6.26. The van der Waals surface area contributed by atoms with Crippen molar-refractivity contribution in [2.75, 3.05) is 40.3 Å². The molecule has 2 saturated heterocycles. The molecule has 40 heavy (non-hydrogen) atoms. The number of amides is 1. The lowest BCUT2D eigenvalue weighted by molar-refractivity contribution is -0.127. The molecule has 3 aromatic rings. The van der Waals surface area contributed by atoms with Crippen LogP contribution in [0, 0.1) is 0 Å². The zero-order valence-electron chi connectivity index (χ0n) is 23.5. The number of likely N-dealkylation sites (tertiary alicyclic amines) is 2. The van der Waals surface area contributed by atoms with Crippen molar-refractivity contribution in [3.8, 4) is 6.01 Å². The Hall–Kier alpha value is -3.00. The molecular formula is C32H38ClN5O2. The van der Waals surface area contributed by atoms with Crippen LogP contribution >= 0.6 is 11.6 Å². The van der Waals surface area contributed by atoms with Crippen LogP contribution in [0.15, 0.2) is 49.1 Å². The van der Waals surface area contributed by atoms with E-state index in [9.17, 15) is 4.79 Å². The summed E-state index contributed by atoms with van der Waals surface area (Å²) in [7, 11) is 4.34. The molecule has 4 heterocycles. The first-order valence-corrected chi connectivity index (χ1v) is 14.8. The van der Waals surface area contributed by atoms with Gasteiger partial charge < -0.3 is 14.5 Å². The van der Waals surface area contributed by atoms with Gasteiger partial charge in [-0.25, -0.2) is 0 Å². The number of aromatic nitrogens is 2. The Morgan fingerprint density at radius 2 is 1.85 bits per heavy atom. The Labute approximate surface area is 241 Å². The SMILES string of the molecule is C=CC(=O)N1CCC(c2nc(OCC3CCCN3C)nc3c2CN(C)C(c2cccc4cccc(Cl)c24)C3)CC1. The number of carbonyl (C=O) groups is 1. The lowest BCUT2D eigenvalue weighted by Gasteiger charge is -2.37. The van der Waals surface area contributed by atoms with Crippen molar-refractivity contribution in [1.29, 1.82) is 0 Å². The summed E-state index contributed by atoms with van der Waals surface area (Å²) in [6.45, 7) is 7.55. The van der Waals surface area contributed by atoms with E-state index in [0.29, 0.717) is 31.7 Å². The topological polar surface area (TPSA) is 61.8 Å². The largest absolute Gasteiger partial charge is 0.462 e. The molecule has 0 N–H and O–H groups in total. The lowest BCUT2D eigenvalue weighted by Crippen LogP contribution is -2.38. The molecule has 0 bridgehead atoms. The molecule has 3 aliphatic heterocycles. The first-order valence-electron chi connectivity index (χ1n) is 14.4. The zero-order chi connectivity index (χ0) is 27.8. The molecule has 2 unspecified atom stereocenters. The van der Waals surface area contributed by atoms with Crippen LogP contribution in [0.25, 0.3) is 10.8 Å². The third kappa shape index (κ3) is 5.22. The number of benzene rings is 2. The molecule has 210 valence electrons. The van der Waals surface area contributed by atoms with Crippen LogP contribution in [0.4, 0.5) is 0 Å². The van der Waals surface area contributed by atoms with Crippen molar-refractivity contribution < 1.29 is 9.53 Å². The molecule has 8 heteroatoms. The maximum Gasteiger partial charge on any atom is 0.316 e. The Morgan fingerprint density at radius 1 is 1.07 bits per heavy atom. The van der Waals surface area contributed by atoms with Gasteiger partial charge >= 0.3 is 6.01 Å². The van der Waals surface area contributed by atoms with Crippen molar-refractivity contribution in [2.24, 2.45) is 0 Å². The van der Waals surface area contributed by atoms with E-state index in [0.717, 1.165) is 66.0 Å². The number of ether oxygens (including phenoxy) is 1. The fraction of sp³-hybridized carbons (Fsp3) is 0.469. The highest BCUT2D eigenvalue weighted by Crippen LogP contribution is 2.41. The number of halogens is 1. The lowest BCUT2D eigenvalue weighted by atomic mass is 9.85. The van der Waals surface area contributed by atoms with Crippen LogP contribution in [0.5, 0.6) is 6.01 Å². The second-order valence-corrected chi connectivity index (χ2v) is 11.9. The number of fused-ring (bicyclic) bond motifs is 2. The van der Waals surface area contributed by atoms with Gasteiger partial charge in [0.1, 0.15) is 6.61 Å². The third-order valence-electron chi connectivity index (χ3n) is 9.12. The average Bonchev–Trinajstić information content (AvgIpc) is 3.39. The average molecular weight is 560 g/mol. The van der Waals surface area contributed by atoms with Crippen LogP contribution in [0.1, 0.15) is 60.2 Å². The highest BCUT2D eigenvalue weighted by molar-refractivity contribution is 6.35. The molecule has 3 aliphatic rings. The zero-order valence-corrected chi connectivity index (χ0v) is 24.2. The second kappa shape index (κ2) is 11.5. The van der Waals surface area contributed by atoms with Gasteiger partial charge in [-0.2, -0.15) is 9.97 Å². The first-order chi connectivity index (χ1) is 19.4. The van der Waals surface area contributed by atoms with E-state index in [1.165, 1.54) is 23.6 Å². The van der Waals surface area contributed by atoms with E-state index in [1.54, 1.807) is 0 Å². The van der Waals surface area contributed by atoms with Gasteiger partial charge in [-0.15, -0.1) is 0 Å². The summed E-state index contributed by atoms with van der Waals surface area (Å²) in [4.78, 5) is 28.9. The van der Waals surface area contributed by atoms with Gasteiger partial charge in [-0.3, -0.25) is 9.69 Å². The Kier molecular flexibility index (Phi) is 7.80. The standard InChI is InChI=1S/C32H38ClN5O2/c1-4-29(39)38-16-13-22(14-17-38)31-25-19-37(3)28(24-11-5-8-21-9-6-12-26(33)30(21)24)18-27(25)34-32(35-31)40-20-23-10-7-15-36(23)2/h4-6,8-9,11-12,22-23,28H,1,7,10,13-20H2,2-3H3.